The van der Waals surface area contributed by atoms with E-state index in [0.717, 1.165) is 29.2 Å². The predicted octanol–water partition coefficient (Wildman–Crippen LogP) is 3.63. The summed E-state index contributed by atoms with van der Waals surface area (Å²) >= 11 is 0. The van der Waals surface area contributed by atoms with Gasteiger partial charge in [-0.2, -0.15) is 0 Å². The van der Waals surface area contributed by atoms with Gasteiger partial charge in [-0.3, -0.25) is 0 Å². The van der Waals surface area contributed by atoms with Crippen LogP contribution in [-0.2, 0) is 6.42 Å². The van der Waals surface area contributed by atoms with Crippen molar-refractivity contribution in [1.29, 1.82) is 0 Å². The Morgan fingerprint density at radius 3 is 2.12 bits per heavy atom. The molecule has 0 spiro atoms. The highest BCUT2D eigenvalue weighted by Gasteiger charge is 2.09. The first-order valence-electron chi connectivity index (χ1n) is 6.03. The van der Waals surface area contributed by atoms with E-state index in [1.54, 1.807) is 0 Å². The van der Waals surface area contributed by atoms with Gasteiger partial charge in [-0.15, -0.1) is 0 Å². The summed E-state index contributed by atoms with van der Waals surface area (Å²) in [5.74, 6) is 0.850. The highest BCUT2D eigenvalue weighted by atomic mass is 14.9. The van der Waals surface area contributed by atoms with Crippen LogP contribution < -0.4 is 0 Å². The molecule has 0 atom stereocenters. The van der Waals surface area contributed by atoms with Gasteiger partial charge in [0.1, 0.15) is 0 Å². The van der Waals surface area contributed by atoms with Gasteiger partial charge in [0.05, 0.1) is 0 Å². The molecule has 0 amide bonds. The average molecular weight is 226 g/mol. The Bertz CT molecular complexity index is 521. The third kappa shape index (κ3) is 2.21. The Kier molecular flexibility index (Phi) is 3.23. The van der Waals surface area contributed by atoms with E-state index < -0.39 is 0 Å². The molecule has 0 aliphatic heterocycles. The van der Waals surface area contributed by atoms with Crippen molar-refractivity contribution in [2.24, 2.45) is 0 Å². The van der Waals surface area contributed by atoms with Crippen molar-refractivity contribution in [1.82, 2.24) is 9.97 Å². The zero-order chi connectivity index (χ0) is 12.4. The molecule has 0 aliphatic rings. The minimum Gasteiger partial charge on any atom is -0.233 e. The zero-order valence-corrected chi connectivity index (χ0v) is 10.9. The van der Waals surface area contributed by atoms with Gasteiger partial charge < -0.3 is 0 Å². The normalized spacial score (nSPS) is 10.6. The van der Waals surface area contributed by atoms with Crippen LogP contribution in [0.25, 0.3) is 11.4 Å². The van der Waals surface area contributed by atoms with Crippen LogP contribution in [-0.4, -0.2) is 9.97 Å². The number of rotatable bonds is 2. The Labute approximate surface area is 103 Å². The van der Waals surface area contributed by atoms with Gasteiger partial charge in [0, 0.05) is 17.0 Å². The molecule has 17 heavy (non-hydrogen) atoms. The molecule has 0 N–H and O–H groups in total. The summed E-state index contributed by atoms with van der Waals surface area (Å²) in [6.07, 6.45) is 1.01. The minimum atomic E-state index is 0.850. The van der Waals surface area contributed by atoms with Crippen LogP contribution in [0.1, 0.15) is 29.4 Å². The molecule has 2 aromatic rings. The fourth-order valence-corrected chi connectivity index (χ4v) is 1.94. The summed E-state index contributed by atoms with van der Waals surface area (Å²) in [5, 5.41) is 0. The molecule has 0 saturated heterocycles. The van der Waals surface area contributed by atoms with Crippen LogP contribution in [0.5, 0.6) is 0 Å². The maximum Gasteiger partial charge on any atom is 0.159 e. The number of nitrogens with zero attached hydrogens (tertiary/aromatic N) is 2. The molecule has 2 heteroatoms. The standard InChI is InChI=1S/C15H18N2/c1-5-13-8-6-7-9-14(13)15-16-11(3)10(2)12(4)17-15/h6-9H,5H2,1-4H3. The summed E-state index contributed by atoms with van der Waals surface area (Å²) in [6, 6.07) is 8.35. The molecule has 88 valence electrons. The molecular weight excluding hydrogens is 208 g/mol. The van der Waals surface area contributed by atoms with Crippen molar-refractivity contribution in [2.75, 3.05) is 0 Å². The first kappa shape index (κ1) is 11.8. The fraction of sp³-hybridized carbons (Fsp3) is 0.333. The summed E-state index contributed by atoms with van der Waals surface area (Å²) < 4.78 is 0. The average Bonchev–Trinajstić information content (AvgIpc) is 2.35. The van der Waals surface area contributed by atoms with Gasteiger partial charge in [-0.25, -0.2) is 9.97 Å². The molecule has 1 aromatic carbocycles. The molecule has 0 fully saturated rings. The largest absolute Gasteiger partial charge is 0.233 e. The smallest absolute Gasteiger partial charge is 0.159 e. The third-order valence-corrected chi connectivity index (χ3v) is 3.27. The first-order valence-corrected chi connectivity index (χ1v) is 6.03. The van der Waals surface area contributed by atoms with E-state index in [-0.39, 0.29) is 0 Å². The van der Waals surface area contributed by atoms with Gasteiger partial charge in [0.2, 0.25) is 0 Å². The predicted molar refractivity (Wildman–Crippen MR) is 71.1 cm³/mol. The molecule has 0 unspecified atom stereocenters. The molecular formula is C15H18N2. The number of aromatic nitrogens is 2. The second-order valence-electron chi connectivity index (χ2n) is 4.35. The van der Waals surface area contributed by atoms with E-state index in [0.29, 0.717) is 0 Å². The van der Waals surface area contributed by atoms with Crippen molar-refractivity contribution in [3.8, 4) is 11.4 Å². The van der Waals surface area contributed by atoms with E-state index in [1.807, 2.05) is 19.9 Å². The second kappa shape index (κ2) is 4.66. The van der Waals surface area contributed by atoms with Gasteiger partial charge >= 0.3 is 0 Å². The molecule has 0 aliphatic carbocycles. The lowest BCUT2D eigenvalue weighted by molar-refractivity contribution is 1.01. The summed E-state index contributed by atoms with van der Waals surface area (Å²) in [5.41, 5.74) is 5.77. The lowest BCUT2D eigenvalue weighted by Crippen LogP contribution is -2.00. The SMILES string of the molecule is CCc1ccccc1-c1nc(C)c(C)c(C)n1. The molecule has 1 heterocycles. The second-order valence-corrected chi connectivity index (χ2v) is 4.35. The quantitative estimate of drug-likeness (QED) is 0.781. The van der Waals surface area contributed by atoms with Gasteiger partial charge in [0.15, 0.2) is 5.82 Å². The summed E-state index contributed by atoms with van der Waals surface area (Å²) in [6.45, 7) is 8.32. The van der Waals surface area contributed by atoms with Gasteiger partial charge in [-0.05, 0) is 38.3 Å². The van der Waals surface area contributed by atoms with Crippen molar-refractivity contribution in [3.05, 3.63) is 46.8 Å². The minimum absolute atomic E-state index is 0.850. The Morgan fingerprint density at radius 2 is 1.53 bits per heavy atom. The van der Waals surface area contributed by atoms with E-state index >= 15 is 0 Å². The van der Waals surface area contributed by atoms with Crippen LogP contribution in [0, 0.1) is 20.8 Å². The third-order valence-electron chi connectivity index (χ3n) is 3.27. The molecule has 2 nitrogen and oxygen atoms in total. The van der Waals surface area contributed by atoms with Gasteiger partial charge in [-0.1, -0.05) is 31.2 Å². The highest BCUT2D eigenvalue weighted by molar-refractivity contribution is 5.60. The van der Waals surface area contributed by atoms with Gasteiger partial charge in [0.25, 0.3) is 0 Å². The molecule has 2 rings (SSSR count). The van der Waals surface area contributed by atoms with Crippen molar-refractivity contribution in [3.63, 3.8) is 0 Å². The first-order chi connectivity index (χ1) is 8.13. The topological polar surface area (TPSA) is 25.8 Å². The van der Waals surface area contributed by atoms with Crippen molar-refractivity contribution < 1.29 is 0 Å². The number of aryl methyl sites for hydroxylation is 3. The Hall–Kier alpha value is -1.70. The maximum absolute atomic E-state index is 4.60. The Balaban J connectivity index is 2.61. The van der Waals surface area contributed by atoms with Crippen LogP contribution in [0.4, 0.5) is 0 Å². The molecule has 0 bridgehead atoms. The lowest BCUT2D eigenvalue weighted by Gasteiger charge is -2.10. The van der Waals surface area contributed by atoms with Crippen molar-refractivity contribution in [2.45, 2.75) is 34.1 Å². The Morgan fingerprint density at radius 1 is 0.941 bits per heavy atom. The number of hydrogen-bond donors (Lipinski definition) is 0. The lowest BCUT2D eigenvalue weighted by atomic mass is 10.0. The van der Waals surface area contributed by atoms with Crippen molar-refractivity contribution >= 4 is 0 Å². The molecule has 0 saturated carbocycles. The fourth-order valence-electron chi connectivity index (χ4n) is 1.94. The van der Waals surface area contributed by atoms with E-state index in [2.05, 4.69) is 42.0 Å². The summed E-state index contributed by atoms with van der Waals surface area (Å²) in [7, 11) is 0. The number of benzene rings is 1. The van der Waals surface area contributed by atoms with E-state index in [4.69, 9.17) is 0 Å². The maximum atomic E-state index is 4.60. The number of hydrogen-bond acceptors (Lipinski definition) is 2. The monoisotopic (exact) mass is 226 g/mol. The van der Waals surface area contributed by atoms with E-state index in [1.165, 1.54) is 11.1 Å². The van der Waals surface area contributed by atoms with E-state index in [9.17, 15) is 0 Å². The molecule has 0 radical (unpaired) electrons. The van der Waals surface area contributed by atoms with Crippen LogP contribution in [0.2, 0.25) is 0 Å². The summed E-state index contributed by atoms with van der Waals surface area (Å²) in [4.78, 5) is 9.20. The molecule has 1 aromatic heterocycles. The van der Waals surface area contributed by atoms with Crippen LogP contribution >= 0.6 is 0 Å². The highest BCUT2D eigenvalue weighted by Crippen LogP contribution is 2.22. The van der Waals surface area contributed by atoms with Crippen LogP contribution in [0.15, 0.2) is 24.3 Å². The van der Waals surface area contributed by atoms with Crippen LogP contribution in [0.3, 0.4) is 0 Å². The zero-order valence-electron chi connectivity index (χ0n) is 10.9.